The molecule has 0 bridgehead atoms. The Labute approximate surface area is 155 Å². The second kappa shape index (κ2) is 6.82. The van der Waals surface area contributed by atoms with Crippen LogP contribution in [0.2, 0.25) is 0 Å². The molecule has 1 aromatic rings. The van der Waals surface area contributed by atoms with E-state index in [4.69, 9.17) is 0 Å². The van der Waals surface area contributed by atoms with Gasteiger partial charge in [0.1, 0.15) is 11.8 Å². The number of carboxylic acids is 1. The summed E-state index contributed by atoms with van der Waals surface area (Å²) >= 11 is 0. The van der Waals surface area contributed by atoms with Crippen molar-refractivity contribution >= 4 is 23.0 Å². The summed E-state index contributed by atoms with van der Waals surface area (Å²) in [6.07, 6.45) is 2.98. The van der Waals surface area contributed by atoms with Gasteiger partial charge >= 0.3 is 5.97 Å². The van der Waals surface area contributed by atoms with Crippen LogP contribution in [0.5, 0.6) is 0 Å². The van der Waals surface area contributed by atoms with Gasteiger partial charge in [0.25, 0.3) is 0 Å². The zero-order valence-corrected chi connectivity index (χ0v) is 16.0. The van der Waals surface area contributed by atoms with Crippen molar-refractivity contribution < 1.29 is 14.7 Å². The standard InChI is InChI=1S/C22H27NO3/c1-13(2)11-18(21(25)26)23-19-15-8-6-5-7-14(15)17-12-22(3,4)10-9-16(17)20(19)24/h5-8,13,18H,9-12H2,1-4H3,(H,25,26)/b23-19-. The molecule has 0 fully saturated rings. The Morgan fingerprint density at radius 1 is 1.19 bits per heavy atom. The van der Waals surface area contributed by atoms with Crippen LogP contribution in [0.4, 0.5) is 0 Å². The Kier molecular flexibility index (Phi) is 4.87. The molecule has 0 radical (unpaired) electrons. The summed E-state index contributed by atoms with van der Waals surface area (Å²) in [7, 11) is 0. The number of Topliss-reactive ketones (excluding diaryl/α,β-unsaturated/α-hetero) is 1. The molecule has 1 unspecified atom stereocenters. The number of nitrogens with zero attached hydrogens (tertiary/aromatic N) is 1. The maximum absolute atomic E-state index is 13.2. The molecule has 0 heterocycles. The predicted molar refractivity (Wildman–Crippen MR) is 103 cm³/mol. The van der Waals surface area contributed by atoms with E-state index in [1.54, 1.807) is 0 Å². The molecule has 2 aliphatic carbocycles. The fraction of sp³-hybridized carbons (Fsp3) is 0.500. The maximum atomic E-state index is 13.2. The molecule has 0 saturated carbocycles. The summed E-state index contributed by atoms with van der Waals surface area (Å²) in [6.45, 7) is 8.40. The molecule has 3 rings (SSSR count). The van der Waals surface area contributed by atoms with E-state index in [0.717, 1.165) is 41.5 Å². The van der Waals surface area contributed by atoms with Crippen LogP contribution in [0.3, 0.4) is 0 Å². The monoisotopic (exact) mass is 353 g/mol. The zero-order valence-electron chi connectivity index (χ0n) is 16.0. The van der Waals surface area contributed by atoms with Gasteiger partial charge in [-0.1, -0.05) is 52.0 Å². The molecule has 0 aliphatic heterocycles. The molecule has 26 heavy (non-hydrogen) atoms. The summed E-state index contributed by atoms with van der Waals surface area (Å²) in [5.74, 6) is -0.857. The lowest BCUT2D eigenvalue weighted by molar-refractivity contribution is -0.138. The van der Waals surface area contributed by atoms with Gasteiger partial charge in [-0.2, -0.15) is 0 Å². The van der Waals surface area contributed by atoms with Gasteiger partial charge in [-0.3, -0.25) is 9.79 Å². The first-order valence-electron chi connectivity index (χ1n) is 9.37. The lowest BCUT2D eigenvalue weighted by atomic mass is 9.68. The van der Waals surface area contributed by atoms with Crippen molar-refractivity contribution in [2.75, 3.05) is 0 Å². The van der Waals surface area contributed by atoms with Crippen LogP contribution in [0.25, 0.3) is 5.57 Å². The minimum absolute atomic E-state index is 0.0794. The number of ketones is 1. The fourth-order valence-corrected chi connectivity index (χ4v) is 3.95. The molecule has 4 nitrogen and oxygen atoms in total. The number of aliphatic imine (C=N–C) groups is 1. The Balaban J connectivity index is 2.12. The number of hydrogen-bond donors (Lipinski definition) is 1. The van der Waals surface area contributed by atoms with Gasteiger partial charge in [0.05, 0.1) is 0 Å². The quantitative estimate of drug-likeness (QED) is 0.865. The second-order valence-corrected chi connectivity index (χ2v) is 8.63. The molecule has 138 valence electrons. The van der Waals surface area contributed by atoms with Crippen molar-refractivity contribution in [1.82, 2.24) is 0 Å². The first kappa shape index (κ1) is 18.6. The molecule has 2 aliphatic rings. The first-order valence-corrected chi connectivity index (χ1v) is 9.37. The zero-order chi connectivity index (χ0) is 19.1. The third-order valence-corrected chi connectivity index (χ3v) is 5.33. The molecule has 0 aromatic heterocycles. The number of carbonyl (C=O) groups is 2. The molecular formula is C22H27NO3. The van der Waals surface area contributed by atoms with Crippen molar-refractivity contribution in [3.8, 4) is 0 Å². The van der Waals surface area contributed by atoms with Crippen LogP contribution in [-0.2, 0) is 9.59 Å². The highest BCUT2D eigenvalue weighted by Gasteiger charge is 2.37. The van der Waals surface area contributed by atoms with E-state index >= 15 is 0 Å². The van der Waals surface area contributed by atoms with Gasteiger partial charge in [0.2, 0.25) is 5.78 Å². The molecule has 0 spiro atoms. The summed E-state index contributed by atoms with van der Waals surface area (Å²) in [4.78, 5) is 29.3. The van der Waals surface area contributed by atoms with Gasteiger partial charge in [-0.25, -0.2) is 4.79 Å². The lowest BCUT2D eigenvalue weighted by Crippen LogP contribution is -2.32. The van der Waals surface area contributed by atoms with E-state index < -0.39 is 12.0 Å². The van der Waals surface area contributed by atoms with Crippen molar-refractivity contribution in [3.63, 3.8) is 0 Å². The van der Waals surface area contributed by atoms with E-state index in [9.17, 15) is 14.7 Å². The number of benzene rings is 1. The molecular weight excluding hydrogens is 326 g/mol. The number of carbonyl (C=O) groups excluding carboxylic acids is 1. The molecule has 1 atom stereocenters. The number of aliphatic carboxylic acids is 1. The molecule has 1 N–H and O–H groups in total. The van der Waals surface area contributed by atoms with Gasteiger partial charge < -0.3 is 5.11 Å². The fourth-order valence-electron chi connectivity index (χ4n) is 3.95. The summed E-state index contributed by atoms with van der Waals surface area (Å²) in [5, 5.41) is 9.56. The van der Waals surface area contributed by atoms with E-state index in [2.05, 4.69) is 18.8 Å². The van der Waals surface area contributed by atoms with Crippen LogP contribution in [-0.4, -0.2) is 28.6 Å². The first-order chi connectivity index (χ1) is 12.2. The largest absolute Gasteiger partial charge is 0.480 e. The topological polar surface area (TPSA) is 66.7 Å². The molecule has 4 heteroatoms. The van der Waals surface area contributed by atoms with Gasteiger partial charge in [-0.15, -0.1) is 0 Å². The Bertz CT molecular complexity index is 814. The van der Waals surface area contributed by atoms with E-state index in [1.165, 1.54) is 0 Å². The highest BCUT2D eigenvalue weighted by atomic mass is 16.4. The van der Waals surface area contributed by atoms with Crippen LogP contribution >= 0.6 is 0 Å². The van der Waals surface area contributed by atoms with E-state index in [1.807, 2.05) is 38.1 Å². The van der Waals surface area contributed by atoms with Gasteiger partial charge in [-0.05, 0) is 48.2 Å². The number of allylic oxidation sites excluding steroid dienone is 2. The number of hydrogen-bond acceptors (Lipinski definition) is 3. The highest BCUT2D eigenvalue weighted by molar-refractivity contribution is 6.54. The predicted octanol–water partition coefficient (Wildman–Crippen LogP) is 4.52. The molecule has 1 aromatic carbocycles. The van der Waals surface area contributed by atoms with Crippen LogP contribution < -0.4 is 0 Å². The van der Waals surface area contributed by atoms with Crippen molar-refractivity contribution in [2.45, 2.75) is 59.4 Å². The summed E-state index contributed by atoms with van der Waals surface area (Å²) in [5.41, 5.74) is 4.27. The smallest absolute Gasteiger partial charge is 0.328 e. The lowest BCUT2D eigenvalue weighted by Gasteiger charge is -2.36. The minimum Gasteiger partial charge on any atom is -0.480 e. The maximum Gasteiger partial charge on any atom is 0.328 e. The summed E-state index contributed by atoms with van der Waals surface area (Å²) < 4.78 is 0. The van der Waals surface area contributed by atoms with Crippen molar-refractivity contribution in [1.29, 1.82) is 0 Å². The van der Waals surface area contributed by atoms with Crippen molar-refractivity contribution in [2.24, 2.45) is 16.3 Å². The van der Waals surface area contributed by atoms with Crippen LogP contribution in [0, 0.1) is 11.3 Å². The number of carboxylic acid groups (broad SMARTS) is 1. The minimum atomic E-state index is -0.971. The molecule has 0 saturated heterocycles. The SMILES string of the molecule is CC(C)CC(/N=C1\C(=O)C2=C(CC(C)(C)CC2)c2ccccc21)C(=O)O. The number of fused-ring (bicyclic) bond motifs is 2. The highest BCUT2D eigenvalue weighted by Crippen LogP contribution is 2.46. The van der Waals surface area contributed by atoms with Crippen LogP contribution in [0.15, 0.2) is 34.8 Å². The number of rotatable bonds is 4. The third kappa shape index (κ3) is 3.50. The normalized spacial score (nSPS) is 21.6. The van der Waals surface area contributed by atoms with Gasteiger partial charge in [0, 0.05) is 11.1 Å². The van der Waals surface area contributed by atoms with E-state index in [0.29, 0.717) is 12.1 Å². The van der Waals surface area contributed by atoms with Crippen LogP contribution in [0.1, 0.15) is 64.5 Å². The molecule has 0 amide bonds. The third-order valence-electron chi connectivity index (χ3n) is 5.33. The second-order valence-electron chi connectivity index (χ2n) is 8.63. The summed E-state index contributed by atoms with van der Waals surface area (Å²) in [6, 6.07) is 6.91. The van der Waals surface area contributed by atoms with E-state index in [-0.39, 0.29) is 17.1 Å². The Morgan fingerprint density at radius 2 is 1.85 bits per heavy atom. The van der Waals surface area contributed by atoms with Gasteiger partial charge in [0.15, 0.2) is 0 Å². The average molecular weight is 353 g/mol. The Hall–Kier alpha value is -2.23. The van der Waals surface area contributed by atoms with Crippen molar-refractivity contribution in [3.05, 3.63) is 41.0 Å². The Morgan fingerprint density at radius 3 is 2.46 bits per heavy atom. The average Bonchev–Trinajstić information content (AvgIpc) is 2.56.